The number of H-pyrrole nitrogens is 1. The Morgan fingerprint density at radius 3 is 2.77 bits per heavy atom. The zero-order chi connectivity index (χ0) is 22.7. The van der Waals surface area contributed by atoms with Gasteiger partial charge in [0.1, 0.15) is 0 Å². The molecular weight excluding hydrogens is 458 g/mol. The number of halogens is 1. The molecule has 0 amide bonds. The van der Waals surface area contributed by atoms with Crippen LogP contribution in [0.5, 0.6) is 0 Å². The summed E-state index contributed by atoms with van der Waals surface area (Å²) in [5.74, 6) is 1.27. The number of aryl methyl sites for hydroxylation is 1. The minimum absolute atomic E-state index is 0. The number of aromatic amines is 1. The number of hydrogen-bond donors (Lipinski definition) is 2. The zero-order valence-corrected chi connectivity index (χ0v) is 20.5. The van der Waals surface area contributed by atoms with E-state index in [1.807, 2.05) is 18.5 Å². The Labute approximate surface area is 211 Å². The lowest BCUT2D eigenvalue weighted by Gasteiger charge is -2.40. The van der Waals surface area contributed by atoms with E-state index < -0.39 is 0 Å². The molecule has 7 rings (SSSR count). The van der Waals surface area contributed by atoms with Crippen molar-refractivity contribution in [2.45, 2.75) is 56.9 Å². The van der Waals surface area contributed by atoms with Crippen molar-refractivity contribution in [3.8, 4) is 0 Å². The van der Waals surface area contributed by atoms with Crippen LogP contribution < -0.4 is 10.6 Å². The topological polar surface area (TPSA) is 96.6 Å². The van der Waals surface area contributed by atoms with Gasteiger partial charge in [-0.1, -0.05) is 24.3 Å². The molecule has 1 fully saturated rings. The fourth-order valence-corrected chi connectivity index (χ4v) is 6.59. The highest BCUT2D eigenvalue weighted by Gasteiger charge is 2.46. The van der Waals surface area contributed by atoms with Crippen LogP contribution in [0.4, 0.5) is 11.5 Å². The molecule has 8 heteroatoms. The van der Waals surface area contributed by atoms with Gasteiger partial charge in [-0.15, -0.1) is 12.4 Å². The number of nitrogens with two attached hydrogens (primary N) is 1. The van der Waals surface area contributed by atoms with Crippen molar-refractivity contribution < 1.29 is 0 Å². The molecular formula is C27H30ClN7. The number of aromatic nitrogens is 5. The number of benzene rings is 1. The molecule has 4 heterocycles. The second-order valence-corrected chi connectivity index (χ2v) is 10.3. The molecule has 0 bridgehead atoms. The number of nitrogens with zero attached hydrogens (tertiary/aromatic N) is 5. The van der Waals surface area contributed by atoms with Crippen LogP contribution in [0.3, 0.4) is 0 Å². The van der Waals surface area contributed by atoms with Gasteiger partial charge in [-0.3, -0.25) is 10.1 Å². The maximum atomic E-state index is 6.77. The first-order valence-electron chi connectivity index (χ1n) is 12.5. The van der Waals surface area contributed by atoms with E-state index in [9.17, 15) is 0 Å². The monoisotopic (exact) mass is 487 g/mol. The molecule has 3 aliphatic rings. The van der Waals surface area contributed by atoms with Gasteiger partial charge in [0.25, 0.3) is 0 Å². The summed E-state index contributed by atoms with van der Waals surface area (Å²) >= 11 is 0. The Hall–Kier alpha value is -3.03. The van der Waals surface area contributed by atoms with E-state index in [0.717, 1.165) is 85.5 Å². The van der Waals surface area contributed by atoms with Crippen LogP contribution in [0.15, 0.2) is 48.8 Å². The number of nitrogens with one attached hydrogen (secondary N) is 1. The first-order chi connectivity index (χ1) is 16.7. The van der Waals surface area contributed by atoms with E-state index in [0.29, 0.717) is 5.92 Å². The fourth-order valence-electron chi connectivity index (χ4n) is 6.59. The molecule has 1 unspecified atom stereocenters. The third-order valence-corrected chi connectivity index (χ3v) is 8.47. The summed E-state index contributed by atoms with van der Waals surface area (Å²) in [6.07, 6.45) is 11.5. The van der Waals surface area contributed by atoms with Crippen molar-refractivity contribution in [2.75, 3.05) is 11.4 Å². The highest BCUT2D eigenvalue weighted by Crippen LogP contribution is 2.55. The summed E-state index contributed by atoms with van der Waals surface area (Å²) in [7, 11) is 0. The summed E-state index contributed by atoms with van der Waals surface area (Å²) in [5.41, 5.74) is 14.7. The minimum Gasteiger partial charge on any atom is -0.323 e. The first kappa shape index (κ1) is 22.4. The minimum atomic E-state index is 0. The van der Waals surface area contributed by atoms with Gasteiger partial charge in [-0.25, -0.2) is 9.97 Å². The molecule has 3 N–H and O–H groups in total. The molecule has 1 saturated carbocycles. The average Bonchev–Trinajstić information content (AvgIpc) is 3.43. The first-order valence-corrected chi connectivity index (χ1v) is 12.5. The number of pyridine rings is 1. The summed E-state index contributed by atoms with van der Waals surface area (Å²) < 4.78 is 0. The third kappa shape index (κ3) is 3.52. The SMILES string of the molecule is Cl.NC1c2ccccc2CC12CCC(c1cnc3c(N4CCCc5ncccc54)n[nH]c3n1)CC2. The van der Waals surface area contributed by atoms with Gasteiger partial charge >= 0.3 is 0 Å². The normalized spacial score (nSPS) is 25.3. The van der Waals surface area contributed by atoms with Crippen molar-refractivity contribution >= 4 is 35.1 Å². The lowest BCUT2D eigenvalue weighted by atomic mass is 9.66. The van der Waals surface area contributed by atoms with Gasteiger partial charge < -0.3 is 10.6 Å². The molecule has 0 radical (unpaired) electrons. The average molecular weight is 488 g/mol. The Kier molecular flexibility index (Phi) is 5.49. The van der Waals surface area contributed by atoms with Gasteiger partial charge in [-0.05, 0) is 73.6 Å². The van der Waals surface area contributed by atoms with E-state index >= 15 is 0 Å². The molecule has 7 nitrogen and oxygen atoms in total. The van der Waals surface area contributed by atoms with Crippen LogP contribution in [-0.2, 0) is 12.8 Å². The van der Waals surface area contributed by atoms with Crippen LogP contribution >= 0.6 is 12.4 Å². The van der Waals surface area contributed by atoms with Crippen LogP contribution in [0.25, 0.3) is 11.2 Å². The Bertz CT molecular complexity index is 1370. The standard InChI is InChI=1S/C27H29N7.ClH/c28-24-19-6-2-1-5-18(19)15-27(24)11-9-17(10-12-27)21-16-30-23-25(31-21)32-33-26(23)34-14-4-7-20-22(34)8-3-13-29-20;/h1-3,5-6,8,13,16-17,24H,4,7,9-12,14-15,28H2,(H,31,32,33);1H. The quantitative estimate of drug-likeness (QED) is 0.405. The molecule has 1 aliphatic heterocycles. The number of anilines is 2. The second-order valence-electron chi connectivity index (χ2n) is 10.3. The lowest BCUT2D eigenvalue weighted by Crippen LogP contribution is -2.35. The van der Waals surface area contributed by atoms with Crippen LogP contribution in [0, 0.1) is 5.41 Å². The van der Waals surface area contributed by atoms with Crippen molar-refractivity contribution in [2.24, 2.45) is 11.1 Å². The van der Waals surface area contributed by atoms with Crippen molar-refractivity contribution in [1.29, 1.82) is 0 Å². The molecule has 1 atom stereocenters. The molecule has 3 aromatic heterocycles. The summed E-state index contributed by atoms with van der Waals surface area (Å²) in [5, 5.41) is 7.78. The number of hydrogen-bond acceptors (Lipinski definition) is 6. The molecule has 1 spiro atoms. The molecule has 0 saturated heterocycles. The Morgan fingerprint density at radius 1 is 1.06 bits per heavy atom. The smallest absolute Gasteiger partial charge is 0.183 e. The van der Waals surface area contributed by atoms with E-state index in [4.69, 9.17) is 15.7 Å². The highest BCUT2D eigenvalue weighted by molar-refractivity contribution is 5.87. The van der Waals surface area contributed by atoms with Crippen molar-refractivity contribution in [3.63, 3.8) is 0 Å². The predicted octanol–water partition coefficient (Wildman–Crippen LogP) is 5.15. The maximum Gasteiger partial charge on any atom is 0.183 e. The summed E-state index contributed by atoms with van der Waals surface area (Å²) in [4.78, 5) is 16.6. The number of fused-ring (bicyclic) bond motifs is 3. The van der Waals surface area contributed by atoms with Gasteiger partial charge in [0, 0.05) is 30.9 Å². The van der Waals surface area contributed by atoms with Crippen molar-refractivity contribution in [3.05, 3.63) is 71.3 Å². The Morgan fingerprint density at radius 2 is 1.91 bits per heavy atom. The van der Waals surface area contributed by atoms with Crippen LogP contribution in [-0.4, -0.2) is 31.7 Å². The molecule has 180 valence electrons. The molecule has 1 aromatic carbocycles. The van der Waals surface area contributed by atoms with E-state index in [1.54, 1.807) is 0 Å². The highest BCUT2D eigenvalue weighted by atomic mass is 35.5. The number of rotatable bonds is 2. The summed E-state index contributed by atoms with van der Waals surface area (Å²) in [6.45, 7) is 0.912. The van der Waals surface area contributed by atoms with Gasteiger partial charge in [0.2, 0.25) is 0 Å². The predicted molar refractivity (Wildman–Crippen MR) is 139 cm³/mol. The maximum absolute atomic E-state index is 6.77. The summed E-state index contributed by atoms with van der Waals surface area (Å²) in [6, 6.07) is 13.0. The second kappa shape index (κ2) is 8.57. The van der Waals surface area contributed by atoms with Crippen molar-refractivity contribution in [1.82, 2.24) is 25.1 Å². The van der Waals surface area contributed by atoms with Gasteiger partial charge in [-0.2, -0.15) is 5.10 Å². The van der Waals surface area contributed by atoms with E-state index in [-0.39, 0.29) is 23.9 Å². The largest absolute Gasteiger partial charge is 0.323 e. The van der Waals surface area contributed by atoms with Gasteiger partial charge in [0.15, 0.2) is 17.0 Å². The lowest BCUT2D eigenvalue weighted by molar-refractivity contribution is 0.148. The molecule has 4 aromatic rings. The molecule has 35 heavy (non-hydrogen) atoms. The van der Waals surface area contributed by atoms with Crippen LogP contribution in [0.1, 0.15) is 66.6 Å². The fraction of sp³-hybridized carbons (Fsp3) is 0.407. The van der Waals surface area contributed by atoms with Crippen LogP contribution in [0.2, 0.25) is 0 Å². The van der Waals surface area contributed by atoms with Gasteiger partial charge in [0.05, 0.1) is 17.1 Å². The Balaban J connectivity index is 0.00000229. The van der Waals surface area contributed by atoms with E-state index in [2.05, 4.69) is 50.4 Å². The van der Waals surface area contributed by atoms with E-state index in [1.165, 1.54) is 11.1 Å². The third-order valence-electron chi connectivity index (χ3n) is 8.47. The zero-order valence-electron chi connectivity index (χ0n) is 19.7. The molecule has 2 aliphatic carbocycles.